The SMILES string of the molecule is Cc1ccc(N(c2cccnc2-c2ccc(C(=O)Nc3ccc(C(C)(C)C)cc3)cc2)S(=O)O)cc1. The number of hydrogen-bond donors (Lipinski definition) is 2. The van der Waals surface area contributed by atoms with Crippen molar-refractivity contribution in [3.8, 4) is 11.3 Å². The van der Waals surface area contributed by atoms with E-state index in [0.29, 0.717) is 22.6 Å². The van der Waals surface area contributed by atoms with Gasteiger partial charge in [-0.3, -0.25) is 14.3 Å². The first-order valence-corrected chi connectivity index (χ1v) is 12.6. The highest BCUT2D eigenvalue weighted by Crippen LogP contribution is 2.35. The van der Waals surface area contributed by atoms with Gasteiger partial charge < -0.3 is 5.32 Å². The van der Waals surface area contributed by atoms with Gasteiger partial charge in [0.15, 0.2) is 0 Å². The predicted molar refractivity (Wildman–Crippen MR) is 147 cm³/mol. The molecule has 36 heavy (non-hydrogen) atoms. The third-order valence-electron chi connectivity index (χ3n) is 5.86. The molecule has 0 bridgehead atoms. The number of benzene rings is 3. The van der Waals surface area contributed by atoms with Gasteiger partial charge in [0.25, 0.3) is 17.2 Å². The number of nitrogens with zero attached hydrogens (tertiary/aromatic N) is 2. The van der Waals surface area contributed by atoms with Crippen LogP contribution in [0.2, 0.25) is 0 Å². The lowest BCUT2D eigenvalue weighted by Gasteiger charge is -2.22. The van der Waals surface area contributed by atoms with Crippen LogP contribution in [-0.2, 0) is 16.7 Å². The lowest BCUT2D eigenvalue weighted by atomic mass is 9.87. The Morgan fingerprint density at radius 1 is 0.917 bits per heavy atom. The number of amides is 1. The number of carbonyl (C=O) groups excluding carboxylic acids is 1. The quantitative estimate of drug-likeness (QED) is 0.283. The Kier molecular flexibility index (Phi) is 7.33. The molecule has 0 aliphatic rings. The van der Waals surface area contributed by atoms with Crippen LogP contribution in [0.4, 0.5) is 17.1 Å². The lowest BCUT2D eigenvalue weighted by Crippen LogP contribution is -2.20. The summed E-state index contributed by atoms with van der Waals surface area (Å²) in [6, 6.07) is 25.7. The summed E-state index contributed by atoms with van der Waals surface area (Å²) in [6.45, 7) is 8.40. The van der Waals surface area contributed by atoms with E-state index in [-0.39, 0.29) is 11.3 Å². The fraction of sp³-hybridized carbons (Fsp3) is 0.172. The highest BCUT2D eigenvalue weighted by molar-refractivity contribution is 7.81. The molecule has 4 rings (SSSR count). The minimum absolute atomic E-state index is 0.0420. The van der Waals surface area contributed by atoms with Gasteiger partial charge in [0.1, 0.15) is 0 Å². The van der Waals surface area contributed by atoms with Crippen LogP contribution in [0.1, 0.15) is 42.3 Å². The molecular formula is C29H29N3O3S. The van der Waals surface area contributed by atoms with E-state index in [0.717, 1.165) is 16.8 Å². The number of aromatic nitrogens is 1. The Morgan fingerprint density at radius 2 is 1.56 bits per heavy atom. The Bertz CT molecular complexity index is 1380. The van der Waals surface area contributed by atoms with Crippen molar-refractivity contribution in [2.24, 2.45) is 0 Å². The fourth-order valence-corrected chi connectivity index (χ4v) is 4.43. The molecule has 0 saturated carbocycles. The van der Waals surface area contributed by atoms with E-state index < -0.39 is 11.3 Å². The molecule has 0 radical (unpaired) electrons. The summed E-state index contributed by atoms with van der Waals surface area (Å²) in [5.41, 5.74) is 5.82. The van der Waals surface area contributed by atoms with Gasteiger partial charge in [-0.15, -0.1) is 0 Å². The summed E-state index contributed by atoms with van der Waals surface area (Å²) in [5.74, 6) is -0.218. The van der Waals surface area contributed by atoms with Crippen LogP contribution in [0.25, 0.3) is 11.3 Å². The summed E-state index contributed by atoms with van der Waals surface area (Å²) < 4.78 is 23.7. The summed E-state index contributed by atoms with van der Waals surface area (Å²) in [6.07, 6.45) is 1.63. The van der Waals surface area contributed by atoms with Crippen molar-refractivity contribution < 1.29 is 13.6 Å². The first-order chi connectivity index (χ1) is 17.1. The van der Waals surface area contributed by atoms with Gasteiger partial charge in [-0.1, -0.05) is 62.7 Å². The number of anilines is 3. The molecule has 2 N–H and O–H groups in total. The molecule has 1 atom stereocenters. The second-order valence-electron chi connectivity index (χ2n) is 9.59. The minimum Gasteiger partial charge on any atom is -0.322 e. The van der Waals surface area contributed by atoms with Crippen LogP contribution < -0.4 is 9.62 Å². The number of carbonyl (C=O) groups is 1. The molecule has 0 spiro atoms. The monoisotopic (exact) mass is 499 g/mol. The molecule has 0 aliphatic heterocycles. The zero-order valence-corrected chi connectivity index (χ0v) is 21.5. The summed E-state index contributed by atoms with van der Waals surface area (Å²) in [7, 11) is 0. The van der Waals surface area contributed by atoms with Crippen molar-refractivity contribution in [2.75, 3.05) is 9.62 Å². The maximum atomic E-state index is 12.8. The Balaban J connectivity index is 1.58. The van der Waals surface area contributed by atoms with E-state index in [9.17, 15) is 13.6 Å². The van der Waals surface area contributed by atoms with Crippen LogP contribution in [0, 0.1) is 6.92 Å². The van der Waals surface area contributed by atoms with Gasteiger partial charge in [-0.2, -0.15) is 0 Å². The molecular weight excluding hydrogens is 470 g/mol. The molecule has 0 aliphatic carbocycles. The second-order valence-corrected chi connectivity index (χ2v) is 10.4. The fourth-order valence-electron chi connectivity index (χ4n) is 3.81. The van der Waals surface area contributed by atoms with Crippen LogP contribution in [-0.4, -0.2) is 19.7 Å². The molecule has 6 nitrogen and oxygen atoms in total. The van der Waals surface area contributed by atoms with Crippen LogP contribution in [0.15, 0.2) is 91.1 Å². The van der Waals surface area contributed by atoms with Crippen LogP contribution in [0.5, 0.6) is 0 Å². The van der Waals surface area contributed by atoms with Gasteiger partial charge >= 0.3 is 0 Å². The van der Waals surface area contributed by atoms with Crippen molar-refractivity contribution in [3.63, 3.8) is 0 Å². The largest absolute Gasteiger partial charge is 0.322 e. The first-order valence-electron chi connectivity index (χ1n) is 11.6. The highest BCUT2D eigenvalue weighted by atomic mass is 32.2. The average Bonchev–Trinajstić information content (AvgIpc) is 2.85. The third kappa shape index (κ3) is 5.70. The highest BCUT2D eigenvalue weighted by Gasteiger charge is 2.20. The number of hydrogen-bond acceptors (Lipinski definition) is 3. The smallest absolute Gasteiger partial charge is 0.266 e. The van der Waals surface area contributed by atoms with E-state index in [1.54, 1.807) is 54.7 Å². The van der Waals surface area contributed by atoms with Crippen LogP contribution >= 0.6 is 0 Å². The molecule has 184 valence electrons. The molecule has 0 fully saturated rings. The molecule has 1 amide bonds. The number of rotatable bonds is 6. The third-order valence-corrected chi connectivity index (χ3v) is 6.58. The Hall–Kier alpha value is -3.81. The van der Waals surface area contributed by atoms with Crippen molar-refractivity contribution in [1.29, 1.82) is 0 Å². The zero-order chi connectivity index (χ0) is 25.9. The van der Waals surface area contributed by atoms with E-state index in [1.165, 1.54) is 9.87 Å². The molecule has 1 unspecified atom stereocenters. The Morgan fingerprint density at radius 3 is 2.14 bits per heavy atom. The summed E-state index contributed by atoms with van der Waals surface area (Å²) in [4.78, 5) is 17.3. The standard InChI is InChI=1S/C29H29N3O3S/c1-20-7-17-25(18-8-20)32(36(34)35)26-6-5-19-30-27(26)21-9-11-22(12-10-21)28(33)31-24-15-13-23(14-16-24)29(2,3)4/h5-19H,1-4H3,(H,31,33)(H,34,35). The maximum Gasteiger partial charge on any atom is 0.266 e. The van der Waals surface area contributed by atoms with E-state index >= 15 is 0 Å². The first kappa shape index (κ1) is 25.3. The van der Waals surface area contributed by atoms with Gasteiger partial charge in [0.2, 0.25) is 0 Å². The second kappa shape index (κ2) is 10.4. The van der Waals surface area contributed by atoms with Crippen molar-refractivity contribution >= 4 is 34.2 Å². The van der Waals surface area contributed by atoms with Gasteiger partial charge in [0, 0.05) is 23.0 Å². The molecule has 3 aromatic carbocycles. The van der Waals surface area contributed by atoms with Gasteiger partial charge in [0.05, 0.1) is 17.1 Å². The van der Waals surface area contributed by atoms with Gasteiger partial charge in [-0.05, 0) is 66.4 Å². The lowest BCUT2D eigenvalue weighted by molar-refractivity contribution is 0.102. The molecule has 1 aromatic heterocycles. The van der Waals surface area contributed by atoms with Crippen molar-refractivity contribution in [2.45, 2.75) is 33.1 Å². The topological polar surface area (TPSA) is 82.5 Å². The molecule has 4 aromatic rings. The predicted octanol–water partition coefficient (Wildman–Crippen LogP) is 6.88. The van der Waals surface area contributed by atoms with E-state index in [2.05, 4.69) is 31.1 Å². The summed E-state index contributed by atoms with van der Waals surface area (Å²) in [5, 5.41) is 2.93. The van der Waals surface area contributed by atoms with Gasteiger partial charge in [-0.25, -0.2) is 8.51 Å². The summed E-state index contributed by atoms with van der Waals surface area (Å²) >= 11 is -2.31. The zero-order valence-electron chi connectivity index (χ0n) is 20.7. The average molecular weight is 500 g/mol. The number of pyridine rings is 1. The minimum atomic E-state index is -2.31. The van der Waals surface area contributed by atoms with Crippen molar-refractivity contribution in [3.05, 3.63) is 108 Å². The number of aryl methyl sites for hydroxylation is 1. The number of nitrogens with one attached hydrogen (secondary N) is 1. The Labute approximate surface area is 214 Å². The van der Waals surface area contributed by atoms with Crippen molar-refractivity contribution in [1.82, 2.24) is 4.98 Å². The normalized spacial score (nSPS) is 12.1. The van der Waals surface area contributed by atoms with E-state index in [1.807, 2.05) is 43.3 Å². The molecule has 0 saturated heterocycles. The van der Waals surface area contributed by atoms with E-state index in [4.69, 9.17) is 0 Å². The maximum absolute atomic E-state index is 12.8. The van der Waals surface area contributed by atoms with Crippen LogP contribution in [0.3, 0.4) is 0 Å². The molecule has 7 heteroatoms. The molecule has 1 heterocycles.